The standard InChI is InChI=1S/C10H12N/c1-10(2)7-8-5-3-4-6-9(8)11-10/h4-6,11H,7H2,1-2H3. The van der Waals surface area contributed by atoms with E-state index in [9.17, 15) is 0 Å². The van der Waals surface area contributed by atoms with Crippen LogP contribution in [0.4, 0.5) is 5.69 Å². The average Bonchev–Trinajstić information content (AvgIpc) is 2.21. The van der Waals surface area contributed by atoms with Crippen molar-refractivity contribution >= 4 is 5.69 Å². The Kier molecular flexibility index (Phi) is 1.22. The van der Waals surface area contributed by atoms with Crippen LogP contribution >= 0.6 is 0 Å². The van der Waals surface area contributed by atoms with Crippen LogP contribution in [-0.2, 0) is 6.42 Å². The molecule has 1 radical (unpaired) electrons. The van der Waals surface area contributed by atoms with Gasteiger partial charge in [-0.1, -0.05) is 6.07 Å². The lowest BCUT2D eigenvalue weighted by atomic mass is 10.0. The maximum Gasteiger partial charge on any atom is 0.0378 e. The van der Waals surface area contributed by atoms with Gasteiger partial charge in [-0.25, -0.2) is 0 Å². The Bertz CT molecular complexity index is 249. The molecule has 0 saturated heterocycles. The largest absolute Gasteiger partial charge is 0.380 e. The summed E-state index contributed by atoms with van der Waals surface area (Å²) < 4.78 is 0. The van der Waals surface area contributed by atoms with Crippen molar-refractivity contribution in [2.75, 3.05) is 5.32 Å². The highest BCUT2D eigenvalue weighted by molar-refractivity contribution is 5.57. The Labute approximate surface area is 67.4 Å². The summed E-state index contributed by atoms with van der Waals surface area (Å²) in [6.45, 7) is 4.43. The van der Waals surface area contributed by atoms with Crippen LogP contribution in [0.15, 0.2) is 18.2 Å². The molecule has 0 saturated carbocycles. The Morgan fingerprint density at radius 3 is 3.09 bits per heavy atom. The van der Waals surface area contributed by atoms with E-state index < -0.39 is 0 Å². The number of fused-ring (bicyclic) bond motifs is 1. The Morgan fingerprint density at radius 2 is 2.36 bits per heavy atom. The zero-order valence-electron chi connectivity index (χ0n) is 6.94. The van der Waals surface area contributed by atoms with E-state index in [4.69, 9.17) is 0 Å². The van der Waals surface area contributed by atoms with Gasteiger partial charge in [0.2, 0.25) is 0 Å². The van der Waals surface area contributed by atoms with Crippen LogP contribution < -0.4 is 5.32 Å². The van der Waals surface area contributed by atoms with Gasteiger partial charge in [0.1, 0.15) is 0 Å². The van der Waals surface area contributed by atoms with Gasteiger partial charge in [0.25, 0.3) is 0 Å². The zero-order chi connectivity index (χ0) is 7.90. The molecular weight excluding hydrogens is 134 g/mol. The maximum absolute atomic E-state index is 3.45. The molecule has 1 N–H and O–H groups in total. The number of nitrogens with one attached hydrogen (secondary N) is 1. The van der Waals surface area contributed by atoms with Crippen LogP contribution in [0.2, 0.25) is 0 Å². The van der Waals surface area contributed by atoms with E-state index in [1.165, 1.54) is 11.3 Å². The van der Waals surface area contributed by atoms with Crippen LogP contribution in [0.5, 0.6) is 0 Å². The number of rotatable bonds is 0. The van der Waals surface area contributed by atoms with E-state index in [0.29, 0.717) is 0 Å². The van der Waals surface area contributed by atoms with Crippen LogP contribution in [-0.4, -0.2) is 5.54 Å². The molecule has 57 valence electrons. The molecule has 11 heavy (non-hydrogen) atoms. The highest BCUT2D eigenvalue weighted by atomic mass is 15.0. The van der Waals surface area contributed by atoms with Crippen molar-refractivity contribution in [2.24, 2.45) is 0 Å². The molecule has 1 aromatic carbocycles. The molecule has 2 rings (SSSR count). The molecule has 0 unspecified atom stereocenters. The molecular formula is C10H12N. The van der Waals surface area contributed by atoms with Gasteiger partial charge in [-0.2, -0.15) is 0 Å². The van der Waals surface area contributed by atoms with E-state index in [-0.39, 0.29) is 5.54 Å². The molecule has 1 heteroatoms. The molecule has 0 bridgehead atoms. The molecule has 0 aromatic heterocycles. The highest BCUT2D eigenvalue weighted by Gasteiger charge is 2.26. The van der Waals surface area contributed by atoms with Gasteiger partial charge >= 0.3 is 0 Å². The number of hydrogen-bond acceptors (Lipinski definition) is 1. The minimum atomic E-state index is 0.234. The average molecular weight is 146 g/mol. The summed E-state index contributed by atoms with van der Waals surface area (Å²) in [5, 5.41) is 3.45. The van der Waals surface area contributed by atoms with E-state index in [1.54, 1.807) is 0 Å². The number of anilines is 1. The SMILES string of the molecule is CC1(C)Cc2c[c]ccc2N1. The van der Waals surface area contributed by atoms with E-state index in [2.05, 4.69) is 37.4 Å². The van der Waals surface area contributed by atoms with E-state index in [1.807, 2.05) is 6.07 Å². The molecule has 0 aliphatic carbocycles. The van der Waals surface area contributed by atoms with Gasteiger partial charge in [-0.15, -0.1) is 0 Å². The van der Waals surface area contributed by atoms with Gasteiger partial charge in [0, 0.05) is 11.2 Å². The Balaban J connectivity index is 2.41. The molecule has 0 fully saturated rings. The van der Waals surface area contributed by atoms with Crippen molar-refractivity contribution in [1.29, 1.82) is 0 Å². The Hall–Kier alpha value is -0.980. The van der Waals surface area contributed by atoms with Gasteiger partial charge in [0.15, 0.2) is 0 Å². The summed E-state index contributed by atoms with van der Waals surface area (Å²) in [6.07, 6.45) is 1.11. The fourth-order valence-electron chi connectivity index (χ4n) is 1.62. The first-order valence-corrected chi connectivity index (χ1v) is 3.95. The first-order chi connectivity index (χ1) is 5.17. The summed E-state index contributed by atoms with van der Waals surface area (Å²) in [7, 11) is 0. The van der Waals surface area contributed by atoms with Crippen molar-refractivity contribution < 1.29 is 0 Å². The zero-order valence-corrected chi connectivity index (χ0v) is 6.94. The predicted molar refractivity (Wildman–Crippen MR) is 46.7 cm³/mol. The fourth-order valence-corrected chi connectivity index (χ4v) is 1.62. The molecule has 1 nitrogen and oxygen atoms in total. The predicted octanol–water partition coefficient (Wildman–Crippen LogP) is 2.23. The van der Waals surface area contributed by atoms with Gasteiger partial charge in [-0.3, -0.25) is 0 Å². The first kappa shape index (κ1) is 6.71. The van der Waals surface area contributed by atoms with Gasteiger partial charge < -0.3 is 5.32 Å². The molecule has 1 aliphatic rings. The third-order valence-corrected chi connectivity index (χ3v) is 2.06. The number of benzene rings is 1. The summed E-state index contributed by atoms with van der Waals surface area (Å²) in [5.74, 6) is 0. The van der Waals surface area contributed by atoms with Crippen LogP contribution in [0.3, 0.4) is 0 Å². The second-order valence-corrected chi connectivity index (χ2v) is 3.77. The van der Waals surface area contributed by atoms with Crippen molar-refractivity contribution in [2.45, 2.75) is 25.8 Å². The van der Waals surface area contributed by atoms with Crippen molar-refractivity contribution in [3.05, 3.63) is 29.8 Å². The smallest absolute Gasteiger partial charge is 0.0378 e. The van der Waals surface area contributed by atoms with Gasteiger partial charge in [-0.05, 0) is 44.0 Å². The quantitative estimate of drug-likeness (QED) is 0.592. The minimum Gasteiger partial charge on any atom is -0.380 e. The monoisotopic (exact) mass is 146 g/mol. The second kappa shape index (κ2) is 2.00. The molecule has 1 heterocycles. The molecule has 0 atom stereocenters. The summed E-state index contributed by atoms with van der Waals surface area (Å²) in [4.78, 5) is 0. The second-order valence-electron chi connectivity index (χ2n) is 3.77. The Morgan fingerprint density at radius 1 is 1.55 bits per heavy atom. The van der Waals surface area contributed by atoms with Gasteiger partial charge in [0.05, 0.1) is 0 Å². The lowest BCUT2D eigenvalue weighted by Gasteiger charge is -2.17. The van der Waals surface area contributed by atoms with Crippen LogP contribution in [0, 0.1) is 6.07 Å². The van der Waals surface area contributed by atoms with Crippen molar-refractivity contribution in [3.8, 4) is 0 Å². The van der Waals surface area contributed by atoms with Crippen molar-refractivity contribution in [1.82, 2.24) is 0 Å². The fraction of sp³-hybridized carbons (Fsp3) is 0.400. The van der Waals surface area contributed by atoms with Crippen molar-refractivity contribution in [3.63, 3.8) is 0 Å². The lowest BCUT2D eigenvalue weighted by molar-refractivity contribution is 0.594. The molecule has 1 aliphatic heterocycles. The third-order valence-electron chi connectivity index (χ3n) is 2.06. The summed E-state index contributed by atoms with van der Waals surface area (Å²) in [6, 6.07) is 9.20. The third kappa shape index (κ3) is 1.11. The van der Waals surface area contributed by atoms with Crippen LogP contribution in [0.25, 0.3) is 0 Å². The molecule has 0 amide bonds. The summed E-state index contributed by atoms with van der Waals surface area (Å²) >= 11 is 0. The molecule has 0 spiro atoms. The maximum atomic E-state index is 3.45. The van der Waals surface area contributed by atoms with E-state index in [0.717, 1.165) is 6.42 Å². The first-order valence-electron chi connectivity index (χ1n) is 3.95. The normalized spacial score (nSPS) is 19.1. The highest BCUT2D eigenvalue weighted by Crippen LogP contribution is 2.30. The molecule has 1 aromatic rings. The number of hydrogen-bond donors (Lipinski definition) is 1. The van der Waals surface area contributed by atoms with E-state index >= 15 is 0 Å². The topological polar surface area (TPSA) is 12.0 Å². The lowest BCUT2D eigenvalue weighted by Crippen LogP contribution is -2.26. The summed E-state index contributed by atoms with van der Waals surface area (Å²) in [5.41, 5.74) is 2.89. The van der Waals surface area contributed by atoms with Crippen LogP contribution in [0.1, 0.15) is 19.4 Å². The minimum absolute atomic E-state index is 0.234.